The van der Waals surface area contributed by atoms with Crippen molar-refractivity contribution < 1.29 is 8.60 Å². The van der Waals surface area contributed by atoms with Gasteiger partial charge in [-0.05, 0) is 87.7 Å². The summed E-state index contributed by atoms with van der Waals surface area (Å²) in [5.41, 5.74) is 2.74. The standard InChI is InChI=1S/C18H25BrFN3OS/c1-12(22-25(24)18(3,4)5)6-11-16-17(19)13(2)21-23(16)15-9-7-14(20)8-10-15/h7-10,12,22H,6,11H2,1-5H3. The third-order valence-corrected chi connectivity index (χ3v) is 6.59. The van der Waals surface area contributed by atoms with E-state index in [0.717, 1.165) is 34.4 Å². The Bertz CT molecular complexity index is 753. The van der Waals surface area contributed by atoms with Gasteiger partial charge in [0.25, 0.3) is 0 Å². The summed E-state index contributed by atoms with van der Waals surface area (Å²) in [5, 5.41) is 4.56. The zero-order valence-electron chi connectivity index (χ0n) is 15.3. The maximum absolute atomic E-state index is 13.2. The second kappa shape index (κ2) is 8.10. The Balaban J connectivity index is 2.14. The van der Waals surface area contributed by atoms with Crippen molar-refractivity contribution in [2.75, 3.05) is 0 Å². The molecule has 0 aliphatic heterocycles. The number of benzene rings is 1. The van der Waals surface area contributed by atoms with E-state index in [1.807, 2.05) is 39.3 Å². The lowest BCUT2D eigenvalue weighted by molar-refractivity contribution is 0.573. The zero-order valence-corrected chi connectivity index (χ0v) is 17.7. The molecule has 25 heavy (non-hydrogen) atoms. The first kappa shape index (κ1) is 20.3. The second-order valence-corrected chi connectivity index (χ2v) is 9.96. The van der Waals surface area contributed by atoms with Gasteiger partial charge < -0.3 is 0 Å². The van der Waals surface area contributed by atoms with Crippen molar-refractivity contribution in [3.05, 3.63) is 45.9 Å². The van der Waals surface area contributed by atoms with E-state index >= 15 is 0 Å². The Morgan fingerprint density at radius 2 is 1.92 bits per heavy atom. The van der Waals surface area contributed by atoms with E-state index in [-0.39, 0.29) is 16.6 Å². The van der Waals surface area contributed by atoms with E-state index < -0.39 is 11.0 Å². The highest BCUT2D eigenvalue weighted by Gasteiger charge is 2.22. The van der Waals surface area contributed by atoms with Crippen LogP contribution in [0.4, 0.5) is 4.39 Å². The van der Waals surface area contributed by atoms with Crippen molar-refractivity contribution >= 4 is 26.9 Å². The van der Waals surface area contributed by atoms with Crippen LogP contribution in [0.1, 0.15) is 45.5 Å². The Morgan fingerprint density at radius 3 is 2.48 bits per heavy atom. The third-order valence-electron chi connectivity index (χ3n) is 3.83. The van der Waals surface area contributed by atoms with Gasteiger partial charge in [-0.15, -0.1) is 0 Å². The molecule has 138 valence electrons. The number of rotatable bonds is 6. The molecular weight excluding hydrogens is 405 g/mol. The van der Waals surface area contributed by atoms with E-state index in [0.29, 0.717) is 0 Å². The molecule has 2 rings (SSSR count). The van der Waals surface area contributed by atoms with Crippen LogP contribution in [-0.4, -0.2) is 24.8 Å². The van der Waals surface area contributed by atoms with E-state index in [4.69, 9.17) is 0 Å². The first-order valence-electron chi connectivity index (χ1n) is 8.27. The molecule has 0 saturated carbocycles. The number of aryl methyl sites for hydroxylation is 1. The van der Waals surface area contributed by atoms with Crippen LogP contribution < -0.4 is 4.72 Å². The van der Waals surface area contributed by atoms with Gasteiger partial charge in [-0.25, -0.2) is 18.0 Å². The van der Waals surface area contributed by atoms with Crippen molar-refractivity contribution in [2.24, 2.45) is 0 Å². The minimum atomic E-state index is -1.10. The molecule has 1 aromatic carbocycles. The monoisotopic (exact) mass is 429 g/mol. The highest BCUT2D eigenvalue weighted by atomic mass is 79.9. The molecule has 0 fully saturated rings. The maximum Gasteiger partial charge on any atom is 0.123 e. The van der Waals surface area contributed by atoms with Crippen LogP contribution >= 0.6 is 15.9 Å². The second-order valence-electron chi connectivity index (χ2n) is 7.17. The molecule has 0 aliphatic carbocycles. The molecule has 0 bridgehead atoms. The third kappa shape index (κ3) is 5.21. The first-order chi connectivity index (χ1) is 11.6. The number of nitrogens with zero attached hydrogens (tertiary/aromatic N) is 2. The predicted octanol–water partition coefficient (Wildman–Crippen LogP) is 4.46. The van der Waals surface area contributed by atoms with Crippen molar-refractivity contribution in [1.82, 2.24) is 14.5 Å². The van der Waals surface area contributed by atoms with Gasteiger partial charge in [0.2, 0.25) is 0 Å². The number of hydrogen-bond donors (Lipinski definition) is 1. The summed E-state index contributed by atoms with van der Waals surface area (Å²) >= 11 is 3.61. The molecule has 0 spiro atoms. The molecule has 1 aromatic heterocycles. The van der Waals surface area contributed by atoms with Crippen LogP contribution in [0.5, 0.6) is 0 Å². The summed E-state index contributed by atoms with van der Waals surface area (Å²) in [6.07, 6.45) is 1.57. The molecule has 2 atom stereocenters. The minimum Gasteiger partial charge on any atom is -0.242 e. The van der Waals surface area contributed by atoms with Crippen LogP contribution in [-0.2, 0) is 17.4 Å². The average Bonchev–Trinajstić information content (AvgIpc) is 2.80. The van der Waals surface area contributed by atoms with Crippen molar-refractivity contribution in [3.63, 3.8) is 0 Å². The van der Waals surface area contributed by atoms with Crippen molar-refractivity contribution in [1.29, 1.82) is 0 Å². The van der Waals surface area contributed by atoms with Crippen LogP contribution in [0.25, 0.3) is 5.69 Å². The molecule has 0 saturated heterocycles. The van der Waals surface area contributed by atoms with Gasteiger partial charge in [0.1, 0.15) is 5.82 Å². The molecule has 1 N–H and O–H groups in total. The quantitative estimate of drug-likeness (QED) is 0.736. The normalized spacial score (nSPS) is 14.5. The van der Waals surface area contributed by atoms with Gasteiger partial charge in [0.05, 0.1) is 37.3 Å². The highest BCUT2D eigenvalue weighted by molar-refractivity contribution is 9.10. The number of nitrogens with one attached hydrogen (secondary N) is 1. The minimum absolute atomic E-state index is 0.101. The van der Waals surface area contributed by atoms with E-state index in [1.165, 1.54) is 12.1 Å². The van der Waals surface area contributed by atoms with E-state index in [2.05, 4.69) is 25.8 Å². The van der Waals surface area contributed by atoms with Gasteiger partial charge >= 0.3 is 0 Å². The summed E-state index contributed by atoms with van der Waals surface area (Å²) in [5.74, 6) is -0.268. The lowest BCUT2D eigenvalue weighted by Crippen LogP contribution is -2.38. The maximum atomic E-state index is 13.2. The van der Waals surface area contributed by atoms with Crippen LogP contribution in [0, 0.1) is 12.7 Å². The number of hydrogen-bond acceptors (Lipinski definition) is 2. The molecule has 0 radical (unpaired) electrons. The van der Waals surface area contributed by atoms with Gasteiger partial charge in [0.15, 0.2) is 0 Å². The van der Waals surface area contributed by atoms with Gasteiger partial charge in [-0.3, -0.25) is 0 Å². The molecule has 0 amide bonds. The topological polar surface area (TPSA) is 46.9 Å². The summed E-state index contributed by atoms with van der Waals surface area (Å²) in [6, 6.07) is 6.40. The molecule has 1 heterocycles. The van der Waals surface area contributed by atoms with E-state index in [9.17, 15) is 8.60 Å². The first-order valence-corrected chi connectivity index (χ1v) is 10.2. The van der Waals surface area contributed by atoms with Crippen molar-refractivity contribution in [3.8, 4) is 5.69 Å². The molecule has 2 aromatic rings. The fourth-order valence-corrected chi connectivity index (χ4v) is 3.62. The SMILES string of the molecule is Cc1nn(-c2ccc(F)cc2)c(CCC(C)NS(=O)C(C)(C)C)c1Br. The lowest BCUT2D eigenvalue weighted by Gasteiger charge is -2.22. The van der Waals surface area contributed by atoms with Crippen LogP contribution in [0.15, 0.2) is 28.7 Å². The average molecular weight is 430 g/mol. The van der Waals surface area contributed by atoms with Crippen LogP contribution in [0.2, 0.25) is 0 Å². The fourth-order valence-electron chi connectivity index (χ4n) is 2.34. The Morgan fingerprint density at radius 1 is 1.32 bits per heavy atom. The molecule has 2 unspecified atom stereocenters. The molecular formula is C18H25BrFN3OS. The Labute approximate surface area is 159 Å². The van der Waals surface area contributed by atoms with Gasteiger partial charge in [0, 0.05) is 6.04 Å². The smallest absolute Gasteiger partial charge is 0.123 e. The molecule has 7 heteroatoms. The fraction of sp³-hybridized carbons (Fsp3) is 0.500. The van der Waals surface area contributed by atoms with Crippen molar-refractivity contribution in [2.45, 2.75) is 58.2 Å². The summed E-state index contributed by atoms with van der Waals surface area (Å²) < 4.78 is 31.1. The largest absolute Gasteiger partial charge is 0.242 e. The van der Waals surface area contributed by atoms with Crippen LogP contribution in [0.3, 0.4) is 0 Å². The summed E-state index contributed by atoms with van der Waals surface area (Å²) in [4.78, 5) is 0. The number of halogens is 2. The molecule has 0 aliphatic rings. The zero-order chi connectivity index (χ0) is 18.8. The lowest BCUT2D eigenvalue weighted by atomic mass is 10.1. The summed E-state index contributed by atoms with van der Waals surface area (Å²) in [6.45, 7) is 9.82. The Kier molecular flexibility index (Phi) is 6.56. The van der Waals surface area contributed by atoms with Gasteiger partial charge in [-0.1, -0.05) is 0 Å². The predicted molar refractivity (Wildman–Crippen MR) is 105 cm³/mol. The summed E-state index contributed by atoms with van der Waals surface area (Å²) in [7, 11) is -1.10. The van der Waals surface area contributed by atoms with E-state index in [1.54, 1.807) is 12.1 Å². The Hall–Kier alpha value is -1.05. The molecule has 4 nitrogen and oxygen atoms in total. The highest BCUT2D eigenvalue weighted by Crippen LogP contribution is 2.26. The van der Waals surface area contributed by atoms with Gasteiger partial charge in [-0.2, -0.15) is 5.10 Å². The number of aromatic nitrogens is 2.